The number of carbonyl (C=O) groups excluding carboxylic acids is 1. The van der Waals surface area contributed by atoms with Crippen molar-refractivity contribution in [2.24, 2.45) is 0 Å². The van der Waals surface area contributed by atoms with Crippen LogP contribution in [0.2, 0.25) is 0 Å². The molecule has 1 fully saturated rings. The molecule has 0 radical (unpaired) electrons. The lowest BCUT2D eigenvalue weighted by Crippen LogP contribution is -2.43. The highest BCUT2D eigenvalue weighted by Crippen LogP contribution is 2.29. The number of aryl methyl sites for hydroxylation is 1. The summed E-state index contributed by atoms with van der Waals surface area (Å²) in [5.41, 5.74) is 1.88. The minimum Gasteiger partial charge on any atom is -0.479 e. The first-order chi connectivity index (χ1) is 13.6. The first kappa shape index (κ1) is 18.4. The van der Waals surface area contributed by atoms with Crippen LogP contribution in [-0.2, 0) is 16.1 Å². The Morgan fingerprint density at radius 1 is 1.39 bits per heavy atom. The highest BCUT2D eigenvalue weighted by molar-refractivity contribution is 5.82. The van der Waals surface area contributed by atoms with Crippen LogP contribution in [0.5, 0.6) is 5.75 Å². The van der Waals surface area contributed by atoms with Crippen LogP contribution >= 0.6 is 0 Å². The number of hydrogen-bond acceptors (Lipinski definition) is 5. The molecule has 1 aromatic carbocycles. The molecule has 146 valence electrons. The number of amides is 1. The molecule has 1 saturated heterocycles. The summed E-state index contributed by atoms with van der Waals surface area (Å²) in [7, 11) is 0. The lowest BCUT2D eigenvalue weighted by atomic mass is 10.1. The van der Waals surface area contributed by atoms with Gasteiger partial charge in [0.15, 0.2) is 6.10 Å². The molecule has 0 unspecified atom stereocenters. The molecule has 7 nitrogen and oxygen atoms in total. The predicted octanol–water partition coefficient (Wildman–Crippen LogP) is 2.86. The maximum atomic E-state index is 12.7. The van der Waals surface area contributed by atoms with Gasteiger partial charge in [0.05, 0.1) is 24.0 Å². The van der Waals surface area contributed by atoms with Crippen LogP contribution in [0.1, 0.15) is 31.9 Å². The number of rotatable bonds is 6. The summed E-state index contributed by atoms with van der Waals surface area (Å²) in [6.45, 7) is 5.18. The third-order valence-corrected chi connectivity index (χ3v) is 4.97. The van der Waals surface area contributed by atoms with E-state index in [0.29, 0.717) is 12.4 Å². The van der Waals surface area contributed by atoms with E-state index in [4.69, 9.17) is 9.47 Å². The van der Waals surface area contributed by atoms with Gasteiger partial charge in [-0.2, -0.15) is 5.10 Å². The van der Waals surface area contributed by atoms with Gasteiger partial charge in [-0.15, -0.1) is 0 Å². The van der Waals surface area contributed by atoms with Crippen molar-refractivity contribution >= 4 is 16.8 Å². The number of hydrogen-bond donors (Lipinski definition) is 1. The normalized spacial score (nSPS) is 20.2. The molecule has 2 aromatic heterocycles. The average Bonchev–Trinajstić information content (AvgIpc) is 3.36. The van der Waals surface area contributed by atoms with E-state index in [-0.39, 0.29) is 18.1 Å². The van der Waals surface area contributed by atoms with Gasteiger partial charge < -0.3 is 14.8 Å². The maximum absolute atomic E-state index is 12.7. The van der Waals surface area contributed by atoms with Gasteiger partial charge in [-0.3, -0.25) is 14.5 Å². The van der Waals surface area contributed by atoms with Crippen molar-refractivity contribution in [2.75, 3.05) is 6.61 Å². The van der Waals surface area contributed by atoms with Crippen molar-refractivity contribution in [3.05, 3.63) is 54.5 Å². The Hall–Kier alpha value is -2.93. The van der Waals surface area contributed by atoms with E-state index in [1.54, 1.807) is 19.3 Å². The first-order valence-electron chi connectivity index (χ1n) is 9.60. The van der Waals surface area contributed by atoms with E-state index in [1.807, 2.05) is 48.1 Å². The highest BCUT2D eigenvalue weighted by Gasteiger charge is 2.33. The summed E-state index contributed by atoms with van der Waals surface area (Å²) in [4.78, 5) is 17.0. The van der Waals surface area contributed by atoms with Crippen molar-refractivity contribution in [1.82, 2.24) is 20.1 Å². The van der Waals surface area contributed by atoms with Gasteiger partial charge in [-0.25, -0.2) is 0 Å². The molecule has 7 heteroatoms. The molecule has 0 aliphatic carbocycles. The zero-order valence-corrected chi connectivity index (χ0v) is 16.0. The van der Waals surface area contributed by atoms with Gasteiger partial charge in [0.2, 0.25) is 0 Å². The maximum Gasteiger partial charge on any atom is 0.261 e. The molecule has 0 spiro atoms. The molecular weight excluding hydrogens is 356 g/mol. The Morgan fingerprint density at radius 3 is 3.07 bits per heavy atom. The van der Waals surface area contributed by atoms with Crippen molar-refractivity contribution in [1.29, 1.82) is 0 Å². The minimum absolute atomic E-state index is 0.0946. The largest absolute Gasteiger partial charge is 0.479 e. The number of para-hydroxylation sites is 1. The number of nitrogens with one attached hydrogen (secondary N) is 1. The number of nitrogens with zero attached hydrogens (tertiary/aromatic N) is 3. The first-order valence-corrected chi connectivity index (χ1v) is 9.60. The molecule has 1 aliphatic rings. The van der Waals surface area contributed by atoms with E-state index >= 15 is 0 Å². The second-order valence-electron chi connectivity index (χ2n) is 6.95. The summed E-state index contributed by atoms with van der Waals surface area (Å²) in [6, 6.07) is 9.60. The fourth-order valence-corrected chi connectivity index (χ4v) is 3.44. The van der Waals surface area contributed by atoms with Gasteiger partial charge in [-0.1, -0.05) is 18.2 Å². The van der Waals surface area contributed by atoms with E-state index in [9.17, 15) is 4.79 Å². The summed E-state index contributed by atoms with van der Waals surface area (Å²) >= 11 is 0. The second-order valence-corrected chi connectivity index (χ2v) is 6.95. The molecule has 1 amide bonds. The molecular formula is C21H24N4O3. The molecule has 28 heavy (non-hydrogen) atoms. The number of carbonyl (C=O) groups is 1. The van der Waals surface area contributed by atoms with Gasteiger partial charge in [-0.05, 0) is 32.4 Å². The van der Waals surface area contributed by atoms with Gasteiger partial charge in [0.25, 0.3) is 5.91 Å². The van der Waals surface area contributed by atoms with Crippen molar-refractivity contribution < 1.29 is 14.3 Å². The van der Waals surface area contributed by atoms with Crippen molar-refractivity contribution in [3.8, 4) is 5.75 Å². The number of fused-ring (bicyclic) bond motifs is 1. The highest BCUT2D eigenvalue weighted by atomic mass is 16.5. The number of aromatic nitrogens is 3. The molecule has 1 aliphatic heterocycles. The Kier molecular flexibility index (Phi) is 5.25. The minimum atomic E-state index is -0.637. The van der Waals surface area contributed by atoms with Gasteiger partial charge in [0.1, 0.15) is 11.9 Å². The quantitative estimate of drug-likeness (QED) is 0.711. The van der Waals surface area contributed by atoms with Crippen LogP contribution in [0.3, 0.4) is 0 Å². The van der Waals surface area contributed by atoms with Crippen LogP contribution in [-0.4, -0.2) is 39.4 Å². The fraction of sp³-hybridized carbons (Fsp3) is 0.381. The van der Waals surface area contributed by atoms with E-state index in [2.05, 4.69) is 15.4 Å². The molecule has 4 rings (SSSR count). The Morgan fingerprint density at radius 2 is 2.25 bits per heavy atom. The average molecular weight is 380 g/mol. The number of ether oxygens (including phenoxy) is 2. The summed E-state index contributed by atoms with van der Waals surface area (Å²) in [5.74, 6) is 0.404. The monoisotopic (exact) mass is 380 g/mol. The Labute approximate surface area is 163 Å². The second kappa shape index (κ2) is 7.98. The fourth-order valence-electron chi connectivity index (χ4n) is 3.44. The topological polar surface area (TPSA) is 78.3 Å². The summed E-state index contributed by atoms with van der Waals surface area (Å²) < 4.78 is 13.5. The lowest BCUT2D eigenvalue weighted by molar-refractivity contribution is -0.128. The summed E-state index contributed by atoms with van der Waals surface area (Å²) in [5, 5.41) is 8.34. The van der Waals surface area contributed by atoms with Crippen LogP contribution in [0, 0.1) is 0 Å². The van der Waals surface area contributed by atoms with Crippen LogP contribution in [0.4, 0.5) is 0 Å². The third-order valence-electron chi connectivity index (χ3n) is 4.97. The van der Waals surface area contributed by atoms with Crippen molar-refractivity contribution in [3.63, 3.8) is 0 Å². The van der Waals surface area contributed by atoms with Gasteiger partial charge >= 0.3 is 0 Å². The SMILES string of the molecule is CCn1cc([C@@H]2OCC[C@H]2NC(=O)[C@H](C)Oc2cnc3ccccc3c2)cn1. The van der Waals surface area contributed by atoms with Crippen LogP contribution in [0.25, 0.3) is 10.9 Å². The third kappa shape index (κ3) is 3.84. The molecule has 0 saturated carbocycles. The number of pyridine rings is 1. The lowest BCUT2D eigenvalue weighted by Gasteiger charge is -2.21. The van der Waals surface area contributed by atoms with E-state index in [1.165, 1.54) is 0 Å². The zero-order chi connectivity index (χ0) is 19.5. The number of benzene rings is 1. The van der Waals surface area contributed by atoms with Crippen LogP contribution in [0.15, 0.2) is 48.9 Å². The van der Waals surface area contributed by atoms with E-state index < -0.39 is 6.10 Å². The molecule has 3 atom stereocenters. The Bertz CT molecular complexity index is 971. The molecule has 3 aromatic rings. The standard InChI is InChI=1S/C21H24N4O3/c1-3-25-13-16(11-23-25)20-19(8-9-27-20)24-21(26)14(2)28-17-10-15-6-4-5-7-18(15)22-12-17/h4-7,10-14,19-20H,3,8-9H2,1-2H3,(H,24,26)/t14-,19+,20-/m0/s1. The zero-order valence-electron chi connectivity index (χ0n) is 16.0. The van der Waals surface area contributed by atoms with Crippen molar-refractivity contribution in [2.45, 2.75) is 45.1 Å². The molecule has 0 bridgehead atoms. The van der Waals surface area contributed by atoms with Crippen LogP contribution < -0.4 is 10.1 Å². The predicted molar refractivity (Wildman–Crippen MR) is 105 cm³/mol. The van der Waals surface area contributed by atoms with Gasteiger partial charge in [0, 0.05) is 30.3 Å². The van der Waals surface area contributed by atoms with E-state index in [0.717, 1.165) is 29.4 Å². The molecule has 3 heterocycles. The summed E-state index contributed by atoms with van der Waals surface area (Å²) in [6.07, 6.45) is 5.36. The smallest absolute Gasteiger partial charge is 0.261 e. The molecule has 1 N–H and O–H groups in total. The Balaban J connectivity index is 1.40.